The molecule has 1 heterocycles. The number of carbonyl (C=O) groups is 1. The zero-order chi connectivity index (χ0) is 19.5. The number of hydrogen-bond acceptors (Lipinski definition) is 2. The zero-order valence-electron chi connectivity index (χ0n) is 15.3. The molecule has 0 aromatic heterocycles. The maximum atomic E-state index is 13.3. The molecule has 0 spiro atoms. The van der Waals surface area contributed by atoms with Gasteiger partial charge in [-0.25, -0.2) is 0 Å². The van der Waals surface area contributed by atoms with Crippen LogP contribution in [0.4, 0.5) is 5.69 Å². The number of para-hydroxylation sites is 1. The molecule has 1 aliphatic rings. The number of halogens is 1. The first-order valence-corrected chi connectivity index (χ1v) is 9.27. The predicted octanol–water partition coefficient (Wildman–Crippen LogP) is 5.82. The van der Waals surface area contributed by atoms with Gasteiger partial charge in [-0.3, -0.25) is 9.69 Å². The van der Waals surface area contributed by atoms with E-state index >= 15 is 0 Å². The summed E-state index contributed by atoms with van der Waals surface area (Å²) in [7, 11) is 1.63. The van der Waals surface area contributed by atoms with Gasteiger partial charge in [0.2, 0.25) is 0 Å². The van der Waals surface area contributed by atoms with E-state index in [9.17, 15) is 4.79 Å². The highest BCUT2D eigenvalue weighted by atomic mass is 35.5. The summed E-state index contributed by atoms with van der Waals surface area (Å²) in [6.45, 7) is 0. The van der Waals surface area contributed by atoms with Crippen LogP contribution in [0.5, 0.6) is 5.75 Å². The van der Waals surface area contributed by atoms with E-state index in [4.69, 9.17) is 16.3 Å². The predicted molar refractivity (Wildman–Crippen MR) is 114 cm³/mol. The molecule has 0 saturated heterocycles. The fourth-order valence-corrected chi connectivity index (χ4v) is 3.41. The number of amides is 1. The number of ether oxygens (including phenoxy) is 1. The molecular weight excluding hydrogens is 370 g/mol. The van der Waals surface area contributed by atoms with E-state index in [1.54, 1.807) is 18.1 Å². The van der Waals surface area contributed by atoms with Crippen molar-refractivity contribution in [2.45, 2.75) is 0 Å². The average Bonchev–Trinajstić information content (AvgIpc) is 3.06. The summed E-state index contributed by atoms with van der Waals surface area (Å²) in [5, 5.41) is 0.531. The molecule has 4 rings (SSSR count). The first-order valence-electron chi connectivity index (χ1n) is 8.89. The van der Waals surface area contributed by atoms with E-state index in [1.807, 2.05) is 84.9 Å². The lowest BCUT2D eigenvalue weighted by Crippen LogP contribution is -2.25. The highest BCUT2D eigenvalue weighted by Gasteiger charge is 2.31. The van der Waals surface area contributed by atoms with Crippen LogP contribution >= 0.6 is 11.6 Å². The summed E-state index contributed by atoms with van der Waals surface area (Å²) in [4.78, 5) is 15.0. The second kappa shape index (κ2) is 7.75. The molecule has 1 amide bonds. The molecule has 3 aromatic carbocycles. The van der Waals surface area contributed by atoms with Gasteiger partial charge in [0.1, 0.15) is 5.75 Å². The van der Waals surface area contributed by atoms with Crippen molar-refractivity contribution in [1.82, 2.24) is 0 Å². The molecular formula is C24H18ClNO2. The number of hydrogen-bond donors (Lipinski definition) is 0. The third kappa shape index (κ3) is 3.45. The Labute approximate surface area is 169 Å². The Morgan fingerprint density at radius 2 is 1.57 bits per heavy atom. The molecule has 0 fully saturated rings. The molecule has 3 aromatic rings. The van der Waals surface area contributed by atoms with Gasteiger partial charge in [-0.2, -0.15) is 0 Å². The van der Waals surface area contributed by atoms with Crippen LogP contribution < -0.4 is 9.64 Å². The smallest absolute Gasteiger partial charge is 0.262 e. The standard InChI is InChI=1S/C24H18ClNO2/c1-28-20-13-11-17(12-14-20)15-19-16-23(18-7-3-2-4-8-18)26(24(19)27)22-10-6-5-9-21(22)25/h2-16H,1H3/b19-15+. The fraction of sp³-hybridized carbons (Fsp3) is 0.0417. The van der Waals surface area contributed by atoms with Crippen molar-refractivity contribution >= 4 is 35.0 Å². The van der Waals surface area contributed by atoms with Gasteiger partial charge in [0.05, 0.1) is 23.5 Å². The Morgan fingerprint density at radius 3 is 2.25 bits per heavy atom. The maximum Gasteiger partial charge on any atom is 0.262 e. The first-order chi connectivity index (χ1) is 13.7. The number of anilines is 1. The van der Waals surface area contributed by atoms with Crippen molar-refractivity contribution < 1.29 is 9.53 Å². The van der Waals surface area contributed by atoms with Crippen LogP contribution in [0, 0.1) is 0 Å². The maximum absolute atomic E-state index is 13.3. The Balaban J connectivity index is 1.81. The summed E-state index contributed by atoms with van der Waals surface area (Å²) in [5.41, 5.74) is 3.95. The topological polar surface area (TPSA) is 29.5 Å². The third-order valence-electron chi connectivity index (χ3n) is 4.58. The SMILES string of the molecule is COc1ccc(/C=C2\C=C(c3ccccc3)N(c3ccccc3Cl)C2=O)cc1. The summed E-state index contributed by atoms with van der Waals surface area (Å²) < 4.78 is 5.20. The molecule has 28 heavy (non-hydrogen) atoms. The van der Waals surface area contributed by atoms with Crippen LogP contribution in [0.15, 0.2) is 90.5 Å². The molecule has 138 valence electrons. The summed E-state index contributed by atoms with van der Waals surface area (Å²) in [6.07, 6.45) is 3.78. The van der Waals surface area contributed by atoms with Crippen molar-refractivity contribution in [3.63, 3.8) is 0 Å². The monoisotopic (exact) mass is 387 g/mol. The number of benzene rings is 3. The molecule has 3 nitrogen and oxygen atoms in total. The van der Waals surface area contributed by atoms with E-state index in [0.717, 1.165) is 22.6 Å². The summed E-state index contributed by atoms with van der Waals surface area (Å²) in [5.74, 6) is 0.667. The Bertz CT molecular complexity index is 1070. The van der Waals surface area contributed by atoms with E-state index in [2.05, 4.69) is 0 Å². The second-order valence-electron chi connectivity index (χ2n) is 6.36. The Morgan fingerprint density at radius 1 is 0.893 bits per heavy atom. The van der Waals surface area contributed by atoms with Gasteiger partial charge >= 0.3 is 0 Å². The number of carbonyl (C=O) groups excluding carboxylic acids is 1. The first kappa shape index (κ1) is 18.1. The normalized spacial score (nSPS) is 15.1. The van der Waals surface area contributed by atoms with E-state index in [0.29, 0.717) is 16.3 Å². The molecule has 0 radical (unpaired) electrons. The van der Waals surface area contributed by atoms with Gasteiger partial charge in [-0.05, 0) is 47.5 Å². The van der Waals surface area contributed by atoms with Crippen molar-refractivity contribution in [3.05, 3.63) is 107 Å². The van der Waals surface area contributed by atoms with Gasteiger partial charge in [0.25, 0.3) is 5.91 Å². The van der Waals surface area contributed by atoms with Crippen LogP contribution in [0.2, 0.25) is 5.02 Å². The van der Waals surface area contributed by atoms with Crippen LogP contribution in [-0.4, -0.2) is 13.0 Å². The van der Waals surface area contributed by atoms with Crippen LogP contribution in [0.3, 0.4) is 0 Å². The van der Waals surface area contributed by atoms with Gasteiger partial charge < -0.3 is 4.74 Å². The lowest BCUT2D eigenvalue weighted by Gasteiger charge is -2.21. The Hall–Kier alpha value is -3.30. The molecule has 0 unspecified atom stereocenters. The van der Waals surface area contributed by atoms with Gasteiger partial charge in [0, 0.05) is 5.57 Å². The third-order valence-corrected chi connectivity index (χ3v) is 4.90. The van der Waals surface area contributed by atoms with Crippen molar-refractivity contribution in [2.75, 3.05) is 12.0 Å². The largest absolute Gasteiger partial charge is 0.497 e. The molecule has 0 aliphatic carbocycles. The highest BCUT2D eigenvalue weighted by Crippen LogP contribution is 2.38. The molecule has 0 bridgehead atoms. The minimum Gasteiger partial charge on any atom is -0.497 e. The number of rotatable bonds is 4. The van der Waals surface area contributed by atoms with Crippen molar-refractivity contribution in [1.29, 1.82) is 0 Å². The van der Waals surface area contributed by atoms with Crippen molar-refractivity contribution in [3.8, 4) is 5.75 Å². The average molecular weight is 388 g/mol. The second-order valence-corrected chi connectivity index (χ2v) is 6.77. The molecule has 0 atom stereocenters. The van der Waals surface area contributed by atoms with Crippen LogP contribution in [0.1, 0.15) is 11.1 Å². The zero-order valence-corrected chi connectivity index (χ0v) is 16.1. The van der Waals surface area contributed by atoms with Gasteiger partial charge in [-0.15, -0.1) is 0 Å². The number of nitrogens with zero attached hydrogens (tertiary/aromatic N) is 1. The minimum atomic E-state index is -0.109. The quantitative estimate of drug-likeness (QED) is 0.528. The molecule has 4 heteroatoms. The lowest BCUT2D eigenvalue weighted by atomic mass is 10.1. The fourth-order valence-electron chi connectivity index (χ4n) is 3.19. The molecule has 1 aliphatic heterocycles. The molecule has 0 N–H and O–H groups in total. The van der Waals surface area contributed by atoms with Crippen LogP contribution in [0.25, 0.3) is 11.8 Å². The van der Waals surface area contributed by atoms with Gasteiger partial charge in [0.15, 0.2) is 0 Å². The summed E-state index contributed by atoms with van der Waals surface area (Å²) >= 11 is 6.41. The lowest BCUT2D eigenvalue weighted by molar-refractivity contribution is -0.113. The minimum absolute atomic E-state index is 0.109. The Kier molecular flexibility index (Phi) is 5.00. The van der Waals surface area contributed by atoms with Crippen molar-refractivity contribution in [2.24, 2.45) is 0 Å². The summed E-state index contributed by atoms with van der Waals surface area (Å²) in [6, 6.07) is 24.8. The molecule has 0 saturated carbocycles. The van der Waals surface area contributed by atoms with Gasteiger partial charge in [-0.1, -0.05) is 66.2 Å². The highest BCUT2D eigenvalue weighted by molar-refractivity contribution is 6.35. The van der Waals surface area contributed by atoms with E-state index in [-0.39, 0.29) is 5.91 Å². The van der Waals surface area contributed by atoms with Crippen LogP contribution in [-0.2, 0) is 4.79 Å². The van der Waals surface area contributed by atoms with E-state index < -0.39 is 0 Å². The number of methoxy groups -OCH3 is 1. The van der Waals surface area contributed by atoms with E-state index in [1.165, 1.54) is 0 Å².